The van der Waals surface area contributed by atoms with Crippen LogP contribution in [0.3, 0.4) is 0 Å². The van der Waals surface area contributed by atoms with E-state index in [0.717, 1.165) is 27.8 Å². The SMILES string of the molecule is c1ccc(-c2ccc(-c3nc(-c4ccccc4)nc(-c4ccc(-c5ccc(-c6ccccc6)c6c5sc5ccccc56)cc4)n3)cc2)cc1. The van der Waals surface area contributed by atoms with Crippen LogP contribution in [0.1, 0.15) is 0 Å². The van der Waals surface area contributed by atoms with Crippen LogP contribution < -0.4 is 0 Å². The van der Waals surface area contributed by atoms with E-state index in [2.05, 4.69) is 140 Å². The topological polar surface area (TPSA) is 38.7 Å². The van der Waals surface area contributed by atoms with Crippen LogP contribution in [-0.4, -0.2) is 15.0 Å². The molecule has 0 amide bonds. The van der Waals surface area contributed by atoms with Crippen LogP contribution in [0, 0.1) is 0 Å². The lowest BCUT2D eigenvalue weighted by Gasteiger charge is -2.11. The van der Waals surface area contributed by atoms with Gasteiger partial charge in [-0.15, -0.1) is 11.3 Å². The lowest BCUT2D eigenvalue weighted by atomic mass is 9.94. The summed E-state index contributed by atoms with van der Waals surface area (Å²) in [5, 5.41) is 2.60. The third-order valence-electron chi connectivity index (χ3n) is 8.98. The van der Waals surface area contributed by atoms with Crippen molar-refractivity contribution in [2.24, 2.45) is 0 Å². The zero-order valence-corrected chi connectivity index (χ0v) is 27.3. The number of aromatic nitrogens is 3. The Morgan fingerprint density at radius 2 is 0.694 bits per heavy atom. The second kappa shape index (κ2) is 12.4. The van der Waals surface area contributed by atoms with Gasteiger partial charge in [-0.05, 0) is 39.4 Å². The number of rotatable bonds is 6. The van der Waals surface area contributed by atoms with Gasteiger partial charge in [0.1, 0.15) is 0 Å². The quantitative estimate of drug-likeness (QED) is 0.181. The van der Waals surface area contributed by atoms with Crippen molar-refractivity contribution in [2.45, 2.75) is 0 Å². The first kappa shape index (κ1) is 29.0. The molecule has 0 N–H and O–H groups in total. The summed E-state index contributed by atoms with van der Waals surface area (Å²) in [5.41, 5.74) is 10.1. The summed E-state index contributed by atoms with van der Waals surface area (Å²) in [6.07, 6.45) is 0. The normalized spacial score (nSPS) is 11.3. The summed E-state index contributed by atoms with van der Waals surface area (Å²) >= 11 is 1.86. The maximum absolute atomic E-state index is 5.01. The molecule has 0 saturated heterocycles. The molecule has 0 radical (unpaired) electrons. The summed E-state index contributed by atoms with van der Waals surface area (Å²) in [7, 11) is 0. The molecule has 9 rings (SSSR count). The lowest BCUT2D eigenvalue weighted by molar-refractivity contribution is 1.07. The fourth-order valence-corrected chi connectivity index (χ4v) is 7.77. The smallest absolute Gasteiger partial charge is 0.164 e. The summed E-state index contributed by atoms with van der Waals surface area (Å²) in [4.78, 5) is 14.9. The van der Waals surface area contributed by atoms with Crippen LogP contribution in [0.2, 0.25) is 0 Å². The van der Waals surface area contributed by atoms with E-state index in [1.165, 1.54) is 42.4 Å². The number of benzene rings is 7. The Labute approximate surface area is 288 Å². The van der Waals surface area contributed by atoms with E-state index < -0.39 is 0 Å². The minimum atomic E-state index is 0.647. The third-order valence-corrected chi connectivity index (χ3v) is 10.2. The second-order valence-electron chi connectivity index (χ2n) is 12.0. The number of fused-ring (bicyclic) bond motifs is 3. The molecule has 0 bridgehead atoms. The largest absolute Gasteiger partial charge is 0.208 e. The van der Waals surface area contributed by atoms with Gasteiger partial charge in [-0.3, -0.25) is 0 Å². The minimum absolute atomic E-state index is 0.647. The first-order valence-electron chi connectivity index (χ1n) is 16.4. The highest BCUT2D eigenvalue weighted by Crippen LogP contribution is 2.45. The molecular formula is C45H29N3S. The van der Waals surface area contributed by atoms with Crippen molar-refractivity contribution in [3.63, 3.8) is 0 Å². The molecule has 4 heteroatoms. The maximum atomic E-state index is 5.01. The van der Waals surface area contributed by atoms with Gasteiger partial charge >= 0.3 is 0 Å². The van der Waals surface area contributed by atoms with Gasteiger partial charge in [-0.25, -0.2) is 15.0 Å². The zero-order chi connectivity index (χ0) is 32.6. The number of hydrogen-bond donors (Lipinski definition) is 0. The molecule has 0 aliphatic rings. The molecule has 2 aromatic heterocycles. The van der Waals surface area contributed by atoms with Crippen LogP contribution in [0.4, 0.5) is 0 Å². The first-order chi connectivity index (χ1) is 24.3. The summed E-state index contributed by atoms with van der Waals surface area (Å²) in [5.74, 6) is 1.95. The summed E-state index contributed by atoms with van der Waals surface area (Å²) < 4.78 is 2.59. The number of nitrogens with zero attached hydrogens (tertiary/aromatic N) is 3. The highest BCUT2D eigenvalue weighted by molar-refractivity contribution is 7.26. The van der Waals surface area contributed by atoms with E-state index in [4.69, 9.17) is 15.0 Å². The van der Waals surface area contributed by atoms with E-state index in [0.29, 0.717) is 17.5 Å². The van der Waals surface area contributed by atoms with Gasteiger partial charge < -0.3 is 0 Å². The van der Waals surface area contributed by atoms with Crippen LogP contribution in [-0.2, 0) is 0 Å². The van der Waals surface area contributed by atoms with Crippen molar-refractivity contribution in [3.05, 3.63) is 176 Å². The maximum Gasteiger partial charge on any atom is 0.164 e. The van der Waals surface area contributed by atoms with Gasteiger partial charge in [0.2, 0.25) is 0 Å². The van der Waals surface area contributed by atoms with Crippen molar-refractivity contribution in [1.29, 1.82) is 0 Å². The highest BCUT2D eigenvalue weighted by Gasteiger charge is 2.17. The number of thiophene rings is 1. The molecule has 2 heterocycles. The van der Waals surface area contributed by atoms with Crippen LogP contribution in [0.15, 0.2) is 176 Å². The standard InChI is InChI=1S/C45H29N3S/c1-4-12-30(13-5-1)31-20-24-35(25-21-31)44-46-43(34-16-8-3-9-17-34)47-45(48-44)36-26-22-33(23-27-36)38-29-28-37(32-14-6-2-7-15-32)41-39-18-10-11-19-40(39)49-42(38)41/h1-29H. The van der Waals surface area contributed by atoms with E-state index in [-0.39, 0.29) is 0 Å². The molecule has 0 aliphatic heterocycles. The Kier molecular flexibility index (Phi) is 7.34. The fourth-order valence-electron chi connectivity index (χ4n) is 6.51. The van der Waals surface area contributed by atoms with E-state index >= 15 is 0 Å². The Morgan fingerprint density at radius 1 is 0.306 bits per heavy atom. The van der Waals surface area contributed by atoms with Crippen LogP contribution in [0.25, 0.3) is 87.7 Å². The Balaban J connectivity index is 1.13. The molecule has 0 spiro atoms. The molecular weight excluding hydrogens is 615 g/mol. The molecule has 3 nitrogen and oxygen atoms in total. The minimum Gasteiger partial charge on any atom is -0.208 e. The van der Waals surface area contributed by atoms with Gasteiger partial charge in [0.25, 0.3) is 0 Å². The van der Waals surface area contributed by atoms with Crippen molar-refractivity contribution < 1.29 is 0 Å². The highest BCUT2D eigenvalue weighted by atomic mass is 32.1. The van der Waals surface area contributed by atoms with E-state index in [1.807, 2.05) is 47.7 Å². The van der Waals surface area contributed by atoms with E-state index in [1.54, 1.807) is 0 Å². The summed E-state index contributed by atoms with van der Waals surface area (Å²) in [6.45, 7) is 0. The van der Waals surface area contributed by atoms with Crippen molar-refractivity contribution in [3.8, 4) is 67.5 Å². The monoisotopic (exact) mass is 643 g/mol. The van der Waals surface area contributed by atoms with Gasteiger partial charge in [-0.2, -0.15) is 0 Å². The fraction of sp³-hybridized carbons (Fsp3) is 0. The Morgan fingerprint density at radius 3 is 1.29 bits per heavy atom. The molecule has 9 aromatic rings. The van der Waals surface area contributed by atoms with Crippen LogP contribution in [0.5, 0.6) is 0 Å². The van der Waals surface area contributed by atoms with Crippen LogP contribution >= 0.6 is 11.3 Å². The van der Waals surface area contributed by atoms with Gasteiger partial charge in [-0.1, -0.05) is 170 Å². The molecule has 0 unspecified atom stereocenters. The molecule has 7 aromatic carbocycles. The van der Waals surface area contributed by atoms with Crippen molar-refractivity contribution in [1.82, 2.24) is 15.0 Å². The van der Waals surface area contributed by atoms with Gasteiger partial charge in [0.05, 0.1) is 0 Å². The molecule has 0 fully saturated rings. The predicted molar refractivity (Wildman–Crippen MR) is 205 cm³/mol. The first-order valence-corrected chi connectivity index (χ1v) is 17.2. The average Bonchev–Trinajstić information content (AvgIpc) is 3.58. The van der Waals surface area contributed by atoms with E-state index in [9.17, 15) is 0 Å². The molecule has 0 aliphatic carbocycles. The number of hydrogen-bond acceptors (Lipinski definition) is 4. The van der Waals surface area contributed by atoms with Crippen molar-refractivity contribution >= 4 is 31.5 Å². The average molecular weight is 644 g/mol. The Bertz CT molecular complexity index is 2560. The molecule has 0 saturated carbocycles. The predicted octanol–water partition coefficient (Wildman–Crippen LogP) is 12.2. The summed E-state index contributed by atoms with van der Waals surface area (Å²) in [6, 6.07) is 61.5. The zero-order valence-electron chi connectivity index (χ0n) is 26.5. The van der Waals surface area contributed by atoms with Gasteiger partial charge in [0, 0.05) is 36.9 Å². The lowest BCUT2D eigenvalue weighted by Crippen LogP contribution is -2.00. The molecule has 230 valence electrons. The molecule has 49 heavy (non-hydrogen) atoms. The third kappa shape index (κ3) is 5.48. The molecule has 0 atom stereocenters. The Hall–Kier alpha value is -6.23. The van der Waals surface area contributed by atoms with Crippen molar-refractivity contribution in [2.75, 3.05) is 0 Å². The van der Waals surface area contributed by atoms with Gasteiger partial charge in [0.15, 0.2) is 17.5 Å². The second-order valence-corrected chi connectivity index (χ2v) is 13.1.